The minimum atomic E-state index is -0.982. The summed E-state index contributed by atoms with van der Waals surface area (Å²) in [5, 5.41) is 10.1. The Morgan fingerprint density at radius 3 is 1.46 bits per heavy atom. The number of aliphatic carboxylic acids is 1. The number of carbonyl (C=O) groups excluding carboxylic acids is 1. The number of halogens is 2. The van der Waals surface area contributed by atoms with Crippen molar-refractivity contribution >= 4 is 40.5 Å². The van der Waals surface area contributed by atoms with Crippen molar-refractivity contribution in [3.8, 4) is 0 Å². The molecule has 0 unspecified atom stereocenters. The van der Waals surface area contributed by atoms with Gasteiger partial charge in [-0.15, -0.1) is 0 Å². The number of nitrogens with zero attached hydrogens (tertiary/aromatic N) is 8. The van der Waals surface area contributed by atoms with Crippen LogP contribution in [0.2, 0.25) is 0 Å². The fraction of sp³-hybridized carbons (Fsp3) is 0.302. The Kier molecular flexibility index (Phi) is 16.5. The molecule has 2 aliphatic heterocycles. The van der Waals surface area contributed by atoms with Gasteiger partial charge in [0, 0.05) is 37.6 Å². The summed E-state index contributed by atoms with van der Waals surface area (Å²) in [7, 11) is 0. The number of nitrogens with two attached hydrogens (primary N) is 1. The molecule has 2 saturated carbocycles. The summed E-state index contributed by atoms with van der Waals surface area (Å²) < 4.78 is 37.7. The highest BCUT2D eigenvalue weighted by Crippen LogP contribution is 2.49. The molecule has 0 bridgehead atoms. The van der Waals surface area contributed by atoms with E-state index < -0.39 is 16.8 Å². The molecular formula is C63H63F2N9O5. The van der Waals surface area contributed by atoms with Crippen molar-refractivity contribution < 1.29 is 33.0 Å². The maximum absolute atomic E-state index is 13.9. The molecule has 4 aromatic heterocycles. The fourth-order valence-electron chi connectivity index (χ4n) is 10.8. The number of anilines is 5. The lowest BCUT2D eigenvalue weighted by Crippen LogP contribution is -2.52. The van der Waals surface area contributed by atoms with Crippen molar-refractivity contribution in [3.63, 3.8) is 0 Å². The van der Waals surface area contributed by atoms with Crippen LogP contribution >= 0.6 is 0 Å². The van der Waals surface area contributed by atoms with E-state index in [-0.39, 0.29) is 36.0 Å². The first-order valence-corrected chi connectivity index (χ1v) is 26.8. The number of ether oxygens (including phenoxy) is 2. The van der Waals surface area contributed by atoms with Gasteiger partial charge in [0.25, 0.3) is 0 Å². The first kappa shape index (κ1) is 54.0. The zero-order valence-electron chi connectivity index (χ0n) is 44.3. The first-order valence-electron chi connectivity index (χ1n) is 26.8. The smallest absolute Gasteiger partial charge is 0.315 e. The molecule has 8 aromatic rings. The number of carboxylic acids is 1. The van der Waals surface area contributed by atoms with Crippen LogP contribution in [0.1, 0.15) is 89.6 Å². The third-order valence-corrected chi connectivity index (χ3v) is 15.2. The number of aromatic nitrogens is 6. The van der Waals surface area contributed by atoms with Gasteiger partial charge in [-0.1, -0.05) is 72.8 Å². The van der Waals surface area contributed by atoms with Gasteiger partial charge in [0.2, 0.25) is 0 Å². The summed E-state index contributed by atoms with van der Waals surface area (Å²) in [5.41, 5.74) is 12.5. The number of nitrogen functional groups attached to an aromatic ring is 1. The van der Waals surface area contributed by atoms with E-state index in [9.17, 15) is 23.5 Å². The van der Waals surface area contributed by atoms with Gasteiger partial charge in [0.1, 0.15) is 46.1 Å². The second-order valence-electron chi connectivity index (χ2n) is 20.7. The summed E-state index contributed by atoms with van der Waals surface area (Å²) in [6.45, 7) is 6.47. The molecule has 0 radical (unpaired) electrons. The normalized spacial score (nSPS) is 19.9. The topological polar surface area (TPSA) is 183 Å². The molecule has 3 N–H and O–H groups in total. The van der Waals surface area contributed by atoms with Crippen molar-refractivity contribution in [1.82, 2.24) is 29.9 Å². The molecule has 404 valence electrons. The Hall–Kier alpha value is -8.34. The van der Waals surface area contributed by atoms with E-state index in [1.807, 2.05) is 105 Å². The Balaban J connectivity index is 0.000000158. The van der Waals surface area contributed by atoms with Gasteiger partial charge in [0.05, 0.1) is 65.0 Å². The molecule has 2 fully saturated rings. The lowest BCUT2D eigenvalue weighted by molar-refractivity contribution is -0.157. The quantitative estimate of drug-likeness (QED) is 0.0981. The zero-order valence-corrected chi connectivity index (χ0v) is 44.3. The number of pyridine rings is 2. The molecule has 16 heteroatoms. The number of rotatable bonds is 14. The van der Waals surface area contributed by atoms with E-state index in [0.717, 1.165) is 107 Å². The number of carboxylic acid groups (broad SMARTS) is 1. The lowest BCUT2D eigenvalue weighted by atomic mass is 9.61. The number of hydrogen-bond donors (Lipinski definition) is 2. The average molecular weight is 1060 g/mol. The number of hydrogen-bond acceptors (Lipinski definition) is 13. The Morgan fingerprint density at radius 1 is 0.570 bits per heavy atom. The van der Waals surface area contributed by atoms with E-state index >= 15 is 0 Å². The third-order valence-electron chi connectivity index (χ3n) is 15.2. The predicted octanol–water partition coefficient (Wildman–Crippen LogP) is 11.2. The predicted molar refractivity (Wildman–Crippen MR) is 298 cm³/mol. The first-order chi connectivity index (χ1) is 38.3. The van der Waals surface area contributed by atoms with Crippen molar-refractivity contribution in [3.05, 3.63) is 221 Å². The van der Waals surface area contributed by atoms with E-state index in [0.29, 0.717) is 50.3 Å². The van der Waals surface area contributed by atoms with E-state index in [1.54, 1.807) is 24.5 Å². The Labute approximate surface area is 458 Å². The van der Waals surface area contributed by atoms with Gasteiger partial charge in [-0.2, -0.15) is 0 Å². The Morgan fingerprint density at radius 2 is 1.01 bits per heavy atom. The Bertz CT molecular complexity index is 3360. The summed E-state index contributed by atoms with van der Waals surface area (Å²) in [6.07, 6.45) is 9.28. The zero-order chi connectivity index (χ0) is 54.9. The molecule has 0 atom stereocenters. The number of carbonyl (C=O) groups is 2. The average Bonchev–Trinajstić information content (AvgIpc) is 3.65. The highest BCUT2D eigenvalue weighted by Gasteiger charge is 2.54. The molecule has 4 aliphatic rings. The molecule has 79 heavy (non-hydrogen) atoms. The summed E-state index contributed by atoms with van der Waals surface area (Å²) in [5.74, 6) is 1.87. The number of ketones is 1. The van der Waals surface area contributed by atoms with Crippen LogP contribution in [-0.2, 0) is 62.4 Å². The standard InChI is InChI=1S/C32H31FN4O2.C25H26N4O3.C6H6FN/c1-22-34-16-15-31(35-22)37-17-5-8-27-28(37)13-14-29(36-27)32(30(38)18-23-9-11-25(33)12-10-23)19-26(20-32)39-21-24-6-3-2-4-7-24;1-17-26-12-11-23(27-17)29-13-5-8-20-21(29)9-10-22(28-20)25(24(30)31)14-19(15-25)32-16-18-6-3-2-4-7-18;7-5-1-3-6(8)4-2-5/h2-4,6-7,9-16,26H,5,8,17-21H2,1H3;2-4,6-7,9-12,19H,5,8,13-16H2,1H3,(H,30,31);1-4H,8H2. The number of fused-ring (bicyclic) bond motifs is 2. The molecule has 6 heterocycles. The van der Waals surface area contributed by atoms with Gasteiger partial charge in [-0.05, 0) is 155 Å². The molecular weight excluding hydrogens is 1000 g/mol. The van der Waals surface area contributed by atoms with Crippen LogP contribution in [0.25, 0.3) is 0 Å². The van der Waals surface area contributed by atoms with Gasteiger partial charge < -0.3 is 30.1 Å². The van der Waals surface area contributed by atoms with E-state index in [1.165, 1.54) is 36.4 Å². The molecule has 2 aliphatic carbocycles. The van der Waals surface area contributed by atoms with Crippen LogP contribution < -0.4 is 15.5 Å². The highest BCUT2D eigenvalue weighted by molar-refractivity contribution is 5.93. The summed E-state index contributed by atoms with van der Waals surface area (Å²) in [4.78, 5) is 58.1. The molecule has 14 nitrogen and oxygen atoms in total. The van der Waals surface area contributed by atoms with Gasteiger partial charge >= 0.3 is 5.97 Å². The minimum absolute atomic E-state index is 0.0271. The van der Waals surface area contributed by atoms with Crippen LogP contribution in [0.5, 0.6) is 0 Å². The third kappa shape index (κ3) is 12.5. The van der Waals surface area contributed by atoms with Crippen molar-refractivity contribution in [2.45, 2.75) is 108 Å². The van der Waals surface area contributed by atoms with Crippen LogP contribution in [0.4, 0.5) is 37.5 Å². The number of benzene rings is 4. The second kappa shape index (κ2) is 24.1. The number of Topliss-reactive ketones (excluding diaryl/α,β-unsaturated/α-hetero) is 1. The monoisotopic (exact) mass is 1060 g/mol. The van der Waals surface area contributed by atoms with Crippen molar-refractivity contribution in [2.24, 2.45) is 0 Å². The van der Waals surface area contributed by atoms with Crippen LogP contribution in [0.3, 0.4) is 0 Å². The SMILES string of the molecule is Cc1nccc(N2CCCc3nc(C4(C(=O)Cc5ccc(F)cc5)CC(OCc5ccccc5)C4)ccc32)n1.Cc1nccc(N2CCCc3nc(C4(C(=O)O)CC(OCc5ccccc5)C4)ccc32)n1.Nc1ccc(F)cc1. The van der Waals surface area contributed by atoms with Crippen LogP contribution in [0.15, 0.2) is 158 Å². The van der Waals surface area contributed by atoms with Crippen LogP contribution in [-0.4, -0.2) is 72.1 Å². The lowest BCUT2D eigenvalue weighted by Gasteiger charge is -2.46. The van der Waals surface area contributed by atoms with Crippen molar-refractivity contribution in [2.75, 3.05) is 28.6 Å². The van der Waals surface area contributed by atoms with Gasteiger partial charge in [-0.25, -0.2) is 28.7 Å². The van der Waals surface area contributed by atoms with Crippen LogP contribution in [0, 0.1) is 25.5 Å². The molecule has 0 saturated heterocycles. The van der Waals surface area contributed by atoms with E-state index in [4.69, 9.17) is 25.2 Å². The maximum Gasteiger partial charge on any atom is 0.315 e. The molecule has 4 aromatic carbocycles. The van der Waals surface area contributed by atoms with Gasteiger partial charge in [0.15, 0.2) is 0 Å². The largest absolute Gasteiger partial charge is 0.481 e. The minimum Gasteiger partial charge on any atom is -0.481 e. The van der Waals surface area contributed by atoms with E-state index in [2.05, 4.69) is 35.8 Å². The second-order valence-corrected chi connectivity index (χ2v) is 20.7. The molecule has 12 rings (SSSR count). The summed E-state index contributed by atoms with van der Waals surface area (Å²) in [6, 6.07) is 43.7. The maximum atomic E-state index is 13.9. The van der Waals surface area contributed by atoms with Crippen molar-refractivity contribution in [1.29, 1.82) is 0 Å². The van der Waals surface area contributed by atoms with Gasteiger partial charge in [-0.3, -0.25) is 19.6 Å². The molecule has 0 spiro atoms. The summed E-state index contributed by atoms with van der Waals surface area (Å²) >= 11 is 0. The number of aryl methyl sites for hydroxylation is 4. The fourth-order valence-corrected chi connectivity index (χ4v) is 10.8. The molecule has 0 amide bonds. The highest BCUT2D eigenvalue weighted by atomic mass is 19.1.